The van der Waals surface area contributed by atoms with Crippen LogP contribution in [-0.4, -0.2) is 11.5 Å². The Morgan fingerprint density at radius 1 is 1.27 bits per heavy atom. The van der Waals surface area contributed by atoms with Crippen molar-refractivity contribution in [3.05, 3.63) is 35.9 Å². The summed E-state index contributed by atoms with van der Waals surface area (Å²) in [4.78, 5) is 0. The van der Waals surface area contributed by atoms with Gasteiger partial charge in [-0.2, -0.15) is 0 Å². The van der Waals surface area contributed by atoms with E-state index in [0.29, 0.717) is 0 Å². The van der Waals surface area contributed by atoms with Crippen LogP contribution in [0.15, 0.2) is 30.3 Å². The van der Waals surface area contributed by atoms with Crippen LogP contribution in [0, 0.1) is 0 Å². The maximum absolute atomic E-state index is 5.80. The fourth-order valence-electron chi connectivity index (χ4n) is 0.937. The highest BCUT2D eigenvalue weighted by Crippen LogP contribution is 2.18. The first-order valence-electron chi connectivity index (χ1n) is 3.65. The Hall–Kier alpha value is -0.530. The molecule has 0 radical (unpaired) electrons. The number of halogens is 1. The summed E-state index contributed by atoms with van der Waals surface area (Å²) >= 11 is 5.80. The monoisotopic (exact) mass is 169 g/mol. The molecule has 0 bridgehead atoms. The highest BCUT2D eigenvalue weighted by Gasteiger charge is 2.07. The van der Waals surface area contributed by atoms with Crippen molar-refractivity contribution in [2.24, 2.45) is 0 Å². The minimum Gasteiger partial charge on any atom is -0.216 e. The molecule has 2 heteroatoms. The summed E-state index contributed by atoms with van der Waals surface area (Å²) in [5, 5.41) is 0. The lowest BCUT2D eigenvalue weighted by atomic mass is 10.1. The molecular weight excluding hydrogens is 158 g/mol. The van der Waals surface area contributed by atoms with E-state index < -0.39 is 0 Å². The van der Waals surface area contributed by atoms with Crippen LogP contribution in [-0.2, 0) is 0 Å². The van der Waals surface area contributed by atoms with E-state index in [0.717, 1.165) is 0 Å². The molecule has 1 aromatic rings. The maximum atomic E-state index is 5.80. The van der Waals surface area contributed by atoms with Gasteiger partial charge in [-0.05, 0) is 24.3 Å². The summed E-state index contributed by atoms with van der Waals surface area (Å²) in [5.74, 6) is 0. The van der Waals surface area contributed by atoms with Crippen molar-refractivity contribution in [1.29, 1.82) is 0 Å². The second kappa shape index (κ2) is 3.74. The fraction of sp³-hybridized carbons (Fsp3) is 0.333. The van der Waals surface area contributed by atoms with Crippen molar-refractivity contribution in [3.8, 4) is 0 Å². The zero-order valence-corrected chi connectivity index (χ0v) is 7.55. The van der Waals surface area contributed by atoms with E-state index in [1.165, 1.54) is 5.56 Å². The summed E-state index contributed by atoms with van der Waals surface area (Å²) in [5.41, 5.74) is 1.24. The van der Waals surface area contributed by atoms with Crippen LogP contribution in [0.3, 0.4) is 0 Å². The summed E-state index contributed by atoms with van der Waals surface area (Å²) in [6.45, 7) is 2.07. The van der Waals surface area contributed by atoms with Crippen molar-refractivity contribution in [3.63, 3.8) is 0 Å². The standard InChI is InChI=1S/C9H12ClN/c1-8(11(2)10)9-6-4-3-5-7-9/h3-8H,1-2H3/t8-/m0/s1. The minimum atomic E-state index is 0.276. The Balaban J connectivity index is 2.77. The number of hydrogen-bond acceptors (Lipinski definition) is 1. The van der Waals surface area contributed by atoms with Crippen molar-refractivity contribution in [1.82, 2.24) is 4.42 Å². The van der Waals surface area contributed by atoms with Crippen molar-refractivity contribution < 1.29 is 0 Å². The lowest BCUT2D eigenvalue weighted by Crippen LogP contribution is -2.10. The molecular formula is C9H12ClN. The molecule has 1 atom stereocenters. The van der Waals surface area contributed by atoms with Gasteiger partial charge in [0.05, 0.1) is 0 Å². The topological polar surface area (TPSA) is 3.24 Å². The van der Waals surface area contributed by atoms with E-state index in [9.17, 15) is 0 Å². The average Bonchev–Trinajstić information content (AvgIpc) is 2.05. The molecule has 0 saturated heterocycles. The first-order valence-corrected chi connectivity index (χ1v) is 3.99. The number of hydrogen-bond donors (Lipinski definition) is 0. The van der Waals surface area contributed by atoms with E-state index in [4.69, 9.17) is 11.8 Å². The van der Waals surface area contributed by atoms with Gasteiger partial charge in [-0.25, -0.2) is 4.42 Å². The van der Waals surface area contributed by atoms with Gasteiger partial charge in [-0.3, -0.25) is 0 Å². The van der Waals surface area contributed by atoms with Gasteiger partial charge in [0.1, 0.15) is 0 Å². The highest BCUT2D eigenvalue weighted by molar-refractivity contribution is 6.13. The van der Waals surface area contributed by atoms with E-state index >= 15 is 0 Å². The highest BCUT2D eigenvalue weighted by atomic mass is 35.5. The molecule has 0 aliphatic rings. The van der Waals surface area contributed by atoms with Gasteiger partial charge in [0.25, 0.3) is 0 Å². The molecule has 1 rings (SSSR count). The van der Waals surface area contributed by atoms with Crippen molar-refractivity contribution in [2.45, 2.75) is 13.0 Å². The molecule has 0 aliphatic carbocycles. The molecule has 0 aliphatic heterocycles. The Labute approximate surface area is 72.7 Å². The van der Waals surface area contributed by atoms with Gasteiger partial charge in [-0.1, -0.05) is 30.3 Å². The van der Waals surface area contributed by atoms with Crippen LogP contribution >= 0.6 is 11.8 Å². The Morgan fingerprint density at radius 3 is 2.27 bits per heavy atom. The van der Waals surface area contributed by atoms with Gasteiger partial charge >= 0.3 is 0 Å². The molecule has 0 amide bonds. The molecule has 0 fully saturated rings. The molecule has 1 nitrogen and oxygen atoms in total. The third kappa shape index (κ3) is 2.21. The summed E-state index contributed by atoms with van der Waals surface area (Å²) in [7, 11) is 1.86. The van der Waals surface area contributed by atoms with Crippen LogP contribution in [0.5, 0.6) is 0 Å². The quantitative estimate of drug-likeness (QED) is 0.616. The second-order valence-corrected chi connectivity index (χ2v) is 3.14. The number of nitrogens with zero attached hydrogens (tertiary/aromatic N) is 1. The van der Waals surface area contributed by atoms with Gasteiger partial charge < -0.3 is 0 Å². The second-order valence-electron chi connectivity index (χ2n) is 2.61. The zero-order chi connectivity index (χ0) is 8.27. The molecule has 0 aromatic heterocycles. The molecule has 1 aromatic carbocycles. The molecule has 0 heterocycles. The van der Waals surface area contributed by atoms with Gasteiger partial charge in [0.2, 0.25) is 0 Å². The van der Waals surface area contributed by atoms with E-state index in [2.05, 4.69) is 19.1 Å². The fourth-order valence-corrected chi connectivity index (χ4v) is 1.05. The van der Waals surface area contributed by atoms with Crippen molar-refractivity contribution in [2.75, 3.05) is 7.05 Å². The van der Waals surface area contributed by atoms with Crippen LogP contribution in [0.25, 0.3) is 0 Å². The third-order valence-electron chi connectivity index (χ3n) is 1.82. The molecule has 11 heavy (non-hydrogen) atoms. The Morgan fingerprint density at radius 2 is 1.82 bits per heavy atom. The van der Waals surface area contributed by atoms with E-state index in [1.807, 2.05) is 25.2 Å². The summed E-state index contributed by atoms with van der Waals surface area (Å²) in [6.07, 6.45) is 0. The first-order chi connectivity index (χ1) is 5.22. The molecule has 0 spiro atoms. The molecule has 60 valence electrons. The lowest BCUT2D eigenvalue weighted by Gasteiger charge is -2.16. The predicted molar refractivity (Wildman–Crippen MR) is 48.5 cm³/mol. The first kappa shape index (κ1) is 8.57. The van der Waals surface area contributed by atoms with Gasteiger partial charge in [0.15, 0.2) is 0 Å². The maximum Gasteiger partial charge on any atom is 0.0469 e. The van der Waals surface area contributed by atoms with E-state index in [-0.39, 0.29) is 6.04 Å². The van der Waals surface area contributed by atoms with Crippen LogP contribution in [0.4, 0.5) is 0 Å². The lowest BCUT2D eigenvalue weighted by molar-refractivity contribution is 0.437. The summed E-state index contributed by atoms with van der Waals surface area (Å²) in [6, 6.07) is 10.5. The largest absolute Gasteiger partial charge is 0.216 e. The number of rotatable bonds is 2. The third-order valence-corrected chi connectivity index (χ3v) is 2.11. The molecule has 0 N–H and O–H groups in total. The van der Waals surface area contributed by atoms with Gasteiger partial charge in [0, 0.05) is 13.1 Å². The molecule has 0 saturated carbocycles. The summed E-state index contributed by atoms with van der Waals surface area (Å²) < 4.78 is 1.68. The molecule has 0 unspecified atom stereocenters. The Kier molecular flexibility index (Phi) is 2.92. The average molecular weight is 170 g/mol. The van der Waals surface area contributed by atoms with E-state index in [1.54, 1.807) is 4.42 Å². The van der Waals surface area contributed by atoms with Crippen molar-refractivity contribution >= 4 is 11.8 Å². The Bertz CT molecular complexity index is 208. The van der Waals surface area contributed by atoms with Crippen LogP contribution < -0.4 is 0 Å². The van der Waals surface area contributed by atoms with Crippen LogP contribution in [0.1, 0.15) is 18.5 Å². The van der Waals surface area contributed by atoms with Gasteiger partial charge in [-0.15, -0.1) is 0 Å². The normalized spacial score (nSPS) is 13.5. The SMILES string of the molecule is C[C@@H](c1ccccc1)N(C)Cl. The predicted octanol–water partition coefficient (Wildman–Crippen LogP) is 2.83. The zero-order valence-electron chi connectivity index (χ0n) is 6.79. The minimum absolute atomic E-state index is 0.276. The number of benzene rings is 1. The smallest absolute Gasteiger partial charge is 0.0469 e. The van der Waals surface area contributed by atoms with Crippen LogP contribution in [0.2, 0.25) is 0 Å².